The van der Waals surface area contributed by atoms with Crippen molar-refractivity contribution in [2.45, 2.75) is 6.92 Å². The molecule has 0 unspecified atom stereocenters. The van der Waals surface area contributed by atoms with E-state index >= 15 is 0 Å². The Hall–Kier alpha value is -1.07. The lowest BCUT2D eigenvalue weighted by Gasteiger charge is -2.04. The van der Waals surface area contributed by atoms with Crippen molar-refractivity contribution in [1.29, 1.82) is 0 Å². The summed E-state index contributed by atoms with van der Waals surface area (Å²) in [5.41, 5.74) is 0.398. The minimum absolute atomic E-state index is 0.0312. The first kappa shape index (κ1) is 12.9. The SMILES string of the molecule is COC=C(C)C(=O)OCCOCCO. The number of carbonyl (C=O) groups excluding carboxylic acids is 1. The van der Waals surface area contributed by atoms with Crippen molar-refractivity contribution in [1.82, 2.24) is 0 Å². The zero-order chi connectivity index (χ0) is 10.8. The standard InChI is InChI=1S/C9H16O5/c1-8(7-12-2)9(11)14-6-5-13-4-3-10/h7,10H,3-6H2,1-2H3. The van der Waals surface area contributed by atoms with E-state index in [2.05, 4.69) is 4.74 Å². The fourth-order valence-electron chi connectivity index (χ4n) is 0.699. The molecule has 0 aliphatic heterocycles. The molecular weight excluding hydrogens is 188 g/mol. The van der Waals surface area contributed by atoms with Gasteiger partial charge in [0, 0.05) is 0 Å². The monoisotopic (exact) mass is 204 g/mol. The third kappa shape index (κ3) is 6.45. The summed E-state index contributed by atoms with van der Waals surface area (Å²) in [7, 11) is 1.46. The molecule has 0 aromatic rings. The number of hydrogen-bond donors (Lipinski definition) is 1. The molecule has 0 fully saturated rings. The second-order valence-corrected chi connectivity index (χ2v) is 2.51. The number of ether oxygens (including phenoxy) is 3. The summed E-state index contributed by atoms with van der Waals surface area (Å²) in [4.78, 5) is 11.1. The summed E-state index contributed by atoms with van der Waals surface area (Å²) in [5.74, 6) is -0.431. The minimum atomic E-state index is -0.431. The van der Waals surface area contributed by atoms with E-state index in [0.29, 0.717) is 5.57 Å². The smallest absolute Gasteiger partial charge is 0.336 e. The van der Waals surface area contributed by atoms with Crippen LogP contribution < -0.4 is 0 Å². The van der Waals surface area contributed by atoms with Gasteiger partial charge in [-0.2, -0.15) is 0 Å². The molecule has 0 amide bonds. The molecule has 0 rings (SSSR count). The van der Waals surface area contributed by atoms with E-state index in [0.717, 1.165) is 0 Å². The van der Waals surface area contributed by atoms with Gasteiger partial charge < -0.3 is 19.3 Å². The Morgan fingerprint density at radius 2 is 2.07 bits per heavy atom. The molecule has 0 aromatic heterocycles. The maximum atomic E-state index is 11.1. The van der Waals surface area contributed by atoms with Gasteiger partial charge in [-0.1, -0.05) is 0 Å². The normalized spacial score (nSPS) is 11.2. The van der Waals surface area contributed by atoms with Crippen LogP contribution in [0, 0.1) is 0 Å². The van der Waals surface area contributed by atoms with E-state index in [9.17, 15) is 4.79 Å². The number of carbonyl (C=O) groups is 1. The number of aliphatic hydroxyl groups excluding tert-OH is 1. The lowest BCUT2D eigenvalue weighted by Crippen LogP contribution is -2.12. The van der Waals surface area contributed by atoms with Crippen LogP contribution in [0.4, 0.5) is 0 Å². The van der Waals surface area contributed by atoms with Gasteiger partial charge in [0.25, 0.3) is 0 Å². The van der Waals surface area contributed by atoms with Crippen LogP contribution in [0.5, 0.6) is 0 Å². The van der Waals surface area contributed by atoms with Crippen molar-refractivity contribution in [2.24, 2.45) is 0 Å². The van der Waals surface area contributed by atoms with Gasteiger partial charge in [-0.3, -0.25) is 0 Å². The van der Waals surface area contributed by atoms with Crippen LogP contribution in [0.25, 0.3) is 0 Å². The number of esters is 1. The molecule has 0 bridgehead atoms. The van der Waals surface area contributed by atoms with Crippen molar-refractivity contribution >= 4 is 5.97 Å². The largest absolute Gasteiger partial charge is 0.504 e. The Morgan fingerprint density at radius 3 is 2.64 bits per heavy atom. The average molecular weight is 204 g/mol. The van der Waals surface area contributed by atoms with Gasteiger partial charge in [0.15, 0.2) is 0 Å². The van der Waals surface area contributed by atoms with Gasteiger partial charge in [0.1, 0.15) is 6.61 Å². The van der Waals surface area contributed by atoms with Gasteiger partial charge in [-0.25, -0.2) is 4.79 Å². The van der Waals surface area contributed by atoms with E-state index in [1.165, 1.54) is 13.4 Å². The second kappa shape index (κ2) is 8.52. The fourth-order valence-corrected chi connectivity index (χ4v) is 0.699. The first-order valence-corrected chi connectivity index (χ1v) is 4.27. The first-order valence-electron chi connectivity index (χ1n) is 4.27. The Labute approximate surface area is 83.3 Å². The molecule has 14 heavy (non-hydrogen) atoms. The third-order valence-corrected chi connectivity index (χ3v) is 1.31. The van der Waals surface area contributed by atoms with Crippen LogP contribution in [-0.2, 0) is 19.0 Å². The van der Waals surface area contributed by atoms with Crippen LogP contribution in [0.15, 0.2) is 11.8 Å². The van der Waals surface area contributed by atoms with E-state index in [-0.39, 0.29) is 26.4 Å². The molecule has 0 saturated heterocycles. The molecule has 5 heteroatoms. The van der Waals surface area contributed by atoms with Gasteiger partial charge >= 0.3 is 5.97 Å². The molecule has 0 heterocycles. The molecule has 5 nitrogen and oxygen atoms in total. The molecule has 0 aromatic carbocycles. The summed E-state index contributed by atoms with van der Waals surface area (Å²) >= 11 is 0. The summed E-state index contributed by atoms with van der Waals surface area (Å²) < 4.78 is 14.3. The molecule has 0 aliphatic rings. The van der Waals surface area contributed by atoms with Crippen LogP contribution in [0.3, 0.4) is 0 Å². The molecule has 1 N–H and O–H groups in total. The van der Waals surface area contributed by atoms with Crippen molar-refractivity contribution in [3.05, 3.63) is 11.8 Å². The van der Waals surface area contributed by atoms with Gasteiger partial charge in [-0.05, 0) is 6.92 Å². The van der Waals surface area contributed by atoms with Crippen LogP contribution in [-0.4, -0.2) is 44.6 Å². The van der Waals surface area contributed by atoms with Crippen LogP contribution in [0.2, 0.25) is 0 Å². The predicted molar refractivity (Wildman–Crippen MR) is 49.6 cm³/mol. The fraction of sp³-hybridized carbons (Fsp3) is 0.667. The number of methoxy groups -OCH3 is 1. The number of rotatable bonds is 7. The predicted octanol–water partition coefficient (Wildman–Crippen LogP) is 0.0887. The second-order valence-electron chi connectivity index (χ2n) is 2.51. The Balaban J connectivity index is 3.49. The zero-order valence-electron chi connectivity index (χ0n) is 8.49. The van der Waals surface area contributed by atoms with Crippen molar-refractivity contribution < 1.29 is 24.1 Å². The molecule has 0 atom stereocenters. The lowest BCUT2D eigenvalue weighted by molar-refractivity contribution is -0.140. The van der Waals surface area contributed by atoms with E-state index in [4.69, 9.17) is 14.6 Å². The molecule has 0 radical (unpaired) electrons. The lowest BCUT2D eigenvalue weighted by atomic mass is 10.3. The summed E-state index contributed by atoms with van der Waals surface area (Å²) in [6.45, 7) is 2.28. The highest BCUT2D eigenvalue weighted by Gasteiger charge is 2.04. The van der Waals surface area contributed by atoms with Gasteiger partial charge in [-0.15, -0.1) is 0 Å². The zero-order valence-corrected chi connectivity index (χ0v) is 8.49. The first-order chi connectivity index (χ1) is 6.72. The third-order valence-electron chi connectivity index (χ3n) is 1.31. The molecule has 0 saturated carbocycles. The molecular formula is C9H16O5. The summed E-state index contributed by atoms with van der Waals surface area (Å²) in [6, 6.07) is 0. The van der Waals surface area contributed by atoms with Gasteiger partial charge in [0.05, 0.1) is 38.8 Å². The Bertz CT molecular complexity index is 188. The number of aliphatic hydroxyl groups is 1. The summed E-state index contributed by atoms with van der Waals surface area (Å²) in [5, 5.41) is 8.37. The van der Waals surface area contributed by atoms with Crippen LogP contribution in [0.1, 0.15) is 6.92 Å². The number of hydrogen-bond acceptors (Lipinski definition) is 5. The minimum Gasteiger partial charge on any atom is -0.504 e. The van der Waals surface area contributed by atoms with E-state index in [1.807, 2.05) is 0 Å². The summed E-state index contributed by atoms with van der Waals surface area (Å²) in [6.07, 6.45) is 1.32. The van der Waals surface area contributed by atoms with E-state index in [1.54, 1.807) is 6.92 Å². The average Bonchev–Trinajstić information content (AvgIpc) is 2.17. The quantitative estimate of drug-likeness (QED) is 0.275. The van der Waals surface area contributed by atoms with Crippen LogP contribution >= 0.6 is 0 Å². The van der Waals surface area contributed by atoms with E-state index < -0.39 is 5.97 Å². The maximum Gasteiger partial charge on any atom is 0.336 e. The van der Waals surface area contributed by atoms with Crippen molar-refractivity contribution in [2.75, 3.05) is 33.5 Å². The topological polar surface area (TPSA) is 65.0 Å². The Kier molecular flexibility index (Phi) is 7.87. The van der Waals surface area contributed by atoms with Crippen molar-refractivity contribution in [3.8, 4) is 0 Å². The highest BCUT2D eigenvalue weighted by molar-refractivity contribution is 5.87. The van der Waals surface area contributed by atoms with Crippen molar-refractivity contribution in [3.63, 3.8) is 0 Å². The Morgan fingerprint density at radius 1 is 1.36 bits per heavy atom. The highest BCUT2D eigenvalue weighted by Crippen LogP contribution is 1.96. The maximum absolute atomic E-state index is 11.1. The van der Waals surface area contributed by atoms with Gasteiger partial charge in [0.2, 0.25) is 0 Å². The highest BCUT2D eigenvalue weighted by atomic mass is 16.6. The molecule has 0 spiro atoms. The molecule has 82 valence electrons. The molecule has 0 aliphatic carbocycles.